The summed E-state index contributed by atoms with van der Waals surface area (Å²) in [6, 6.07) is 1.88. The van der Waals surface area contributed by atoms with E-state index in [4.69, 9.17) is 0 Å². The topological polar surface area (TPSA) is 59.3 Å². The van der Waals surface area contributed by atoms with Crippen LogP contribution in [0, 0.1) is 5.92 Å². The van der Waals surface area contributed by atoms with Crippen LogP contribution in [-0.2, 0) is 16.4 Å². The van der Waals surface area contributed by atoms with E-state index >= 15 is 0 Å². The number of aromatic nitrogens is 1. The summed E-state index contributed by atoms with van der Waals surface area (Å²) < 4.78 is 25.2. The van der Waals surface area contributed by atoms with Crippen molar-refractivity contribution in [2.45, 2.75) is 51.0 Å². The lowest BCUT2D eigenvalue weighted by molar-refractivity contribution is 0.154. The average Bonchev–Trinajstić information content (AvgIpc) is 3.03. The molecule has 108 valence electrons. The number of hydrogen-bond donors (Lipinski definition) is 1. The molecule has 1 atom stereocenters. The maximum absolute atomic E-state index is 12.0. The van der Waals surface area contributed by atoms with E-state index in [1.807, 2.05) is 23.0 Å². The van der Waals surface area contributed by atoms with Crippen LogP contribution in [-0.4, -0.2) is 28.6 Å². The van der Waals surface area contributed by atoms with E-state index in [-0.39, 0.29) is 11.9 Å². The fourth-order valence-electron chi connectivity index (χ4n) is 1.99. The van der Waals surface area contributed by atoms with E-state index < -0.39 is 14.6 Å². The number of sulfone groups is 1. The zero-order valence-corrected chi connectivity index (χ0v) is 12.7. The number of rotatable bonds is 5. The van der Waals surface area contributed by atoms with Crippen molar-refractivity contribution in [2.24, 2.45) is 5.92 Å². The summed E-state index contributed by atoms with van der Waals surface area (Å²) in [7, 11) is -3.09. The summed E-state index contributed by atoms with van der Waals surface area (Å²) in [5, 5.41) is 10.00. The van der Waals surface area contributed by atoms with Gasteiger partial charge in [-0.05, 0) is 51.2 Å². The summed E-state index contributed by atoms with van der Waals surface area (Å²) in [6.07, 6.45) is 5.50. The van der Waals surface area contributed by atoms with Crippen LogP contribution in [0.3, 0.4) is 0 Å². The summed E-state index contributed by atoms with van der Waals surface area (Å²) in [6.45, 7) is 5.61. The van der Waals surface area contributed by atoms with Crippen molar-refractivity contribution in [2.75, 3.05) is 5.75 Å². The molecule has 5 heteroatoms. The maximum Gasteiger partial charge on any atom is 0.156 e. The Morgan fingerprint density at radius 2 is 2.05 bits per heavy atom. The molecule has 1 aromatic heterocycles. The fraction of sp³-hybridized carbons (Fsp3) is 0.714. The molecule has 1 N–H and O–H groups in total. The predicted molar refractivity (Wildman–Crippen MR) is 75.7 cm³/mol. The lowest BCUT2D eigenvalue weighted by Crippen LogP contribution is -2.31. The lowest BCUT2D eigenvalue weighted by Gasteiger charge is -2.19. The molecule has 1 saturated carbocycles. The Bertz CT molecular complexity index is 535. The van der Waals surface area contributed by atoms with Gasteiger partial charge in [0.25, 0.3) is 0 Å². The van der Waals surface area contributed by atoms with E-state index in [0.717, 1.165) is 18.4 Å². The van der Waals surface area contributed by atoms with Gasteiger partial charge in [0.1, 0.15) is 0 Å². The first-order valence-electron chi connectivity index (χ1n) is 6.77. The van der Waals surface area contributed by atoms with Gasteiger partial charge in [-0.25, -0.2) is 8.42 Å². The smallest absolute Gasteiger partial charge is 0.156 e. The van der Waals surface area contributed by atoms with Crippen molar-refractivity contribution in [3.05, 3.63) is 24.0 Å². The first-order chi connectivity index (χ1) is 8.71. The summed E-state index contributed by atoms with van der Waals surface area (Å²) in [4.78, 5) is 0. The predicted octanol–water partition coefficient (Wildman–Crippen LogP) is 2.14. The van der Waals surface area contributed by atoms with E-state index in [2.05, 4.69) is 0 Å². The van der Waals surface area contributed by atoms with Crippen LogP contribution < -0.4 is 0 Å². The van der Waals surface area contributed by atoms with Crippen LogP contribution in [0.5, 0.6) is 0 Å². The second kappa shape index (κ2) is 4.94. The molecule has 19 heavy (non-hydrogen) atoms. The van der Waals surface area contributed by atoms with Gasteiger partial charge in [0.05, 0.1) is 16.6 Å². The highest BCUT2D eigenvalue weighted by Gasteiger charge is 2.31. The maximum atomic E-state index is 12.0. The minimum Gasteiger partial charge on any atom is -0.388 e. The van der Waals surface area contributed by atoms with E-state index in [0.29, 0.717) is 12.5 Å². The Kier molecular flexibility index (Phi) is 3.80. The van der Waals surface area contributed by atoms with Gasteiger partial charge >= 0.3 is 0 Å². The second-order valence-electron chi connectivity index (χ2n) is 6.40. The molecule has 1 aromatic rings. The van der Waals surface area contributed by atoms with Crippen LogP contribution in [0.2, 0.25) is 0 Å². The number of hydrogen-bond acceptors (Lipinski definition) is 3. The Morgan fingerprint density at radius 1 is 1.42 bits per heavy atom. The van der Waals surface area contributed by atoms with Crippen LogP contribution in [0.15, 0.2) is 18.5 Å². The van der Waals surface area contributed by atoms with Gasteiger partial charge in [0.15, 0.2) is 9.84 Å². The molecule has 0 saturated heterocycles. The number of aliphatic hydroxyl groups excluding tert-OH is 1. The highest BCUT2D eigenvalue weighted by atomic mass is 32.2. The second-order valence-corrected chi connectivity index (χ2v) is 9.26. The highest BCUT2D eigenvalue weighted by Crippen LogP contribution is 2.40. The first kappa shape index (κ1) is 14.6. The normalized spacial score (nSPS) is 18.5. The molecule has 0 aromatic carbocycles. The Balaban J connectivity index is 1.97. The molecule has 0 radical (unpaired) electrons. The van der Waals surface area contributed by atoms with Crippen LogP contribution in [0.1, 0.15) is 45.3 Å². The van der Waals surface area contributed by atoms with Crippen molar-refractivity contribution >= 4 is 9.84 Å². The van der Waals surface area contributed by atoms with Gasteiger partial charge in [-0.2, -0.15) is 0 Å². The van der Waals surface area contributed by atoms with E-state index in [1.54, 1.807) is 20.8 Å². The molecule has 1 aliphatic carbocycles. The van der Waals surface area contributed by atoms with Gasteiger partial charge in [0.2, 0.25) is 0 Å². The molecule has 2 rings (SSSR count). The van der Waals surface area contributed by atoms with Gasteiger partial charge in [-0.3, -0.25) is 0 Å². The third kappa shape index (κ3) is 3.39. The fourth-order valence-corrected chi connectivity index (χ4v) is 3.05. The average molecular weight is 285 g/mol. The lowest BCUT2D eigenvalue weighted by atomic mass is 10.1. The summed E-state index contributed by atoms with van der Waals surface area (Å²) >= 11 is 0. The Hall–Kier alpha value is -0.810. The molecule has 1 heterocycles. The SMILES string of the molecule is CC(C)(C)S(=O)(=O)CCn1ccc(C(O)C2CC2)c1. The quantitative estimate of drug-likeness (QED) is 0.901. The van der Waals surface area contributed by atoms with E-state index in [1.165, 1.54) is 0 Å². The molecule has 0 bridgehead atoms. The minimum atomic E-state index is -3.09. The molecular weight excluding hydrogens is 262 g/mol. The first-order valence-corrected chi connectivity index (χ1v) is 8.42. The van der Waals surface area contributed by atoms with Crippen LogP contribution in [0.4, 0.5) is 0 Å². The zero-order chi connectivity index (χ0) is 14.3. The zero-order valence-electron chi connectivity index (χ0n) is 11.8. The largest absolute Gasteiger partial charge is 0.388 e. The van der Waals surface area contributed by atoms with Gasteiger partial charge < -0.3 is 9.67 Å². The molecule has 4 nitrogen and oxygen atoms in total. The van der Waals surface area contributed by atoms with Crippen LogP contribution in [0.25, 0.3) is 0 Å². The Labute approximate surface area is 115 Å². The number of aryl methyl sites for hydroxylation is 1. The van der Waals surface area contributed by atoms with Crippen molar-refractivity contribution in [1.29, 1.82) is 0 Å². The summed E-state index contributed by atoms with van der Waals surface area (Å²) in [5.41, 5.74) is 0.899. The van der Waals surface area contributed by atoms with Crippen molar-refractivity contribution in [3.8, 4) is 0 Å². The monoisotopic (exact) mass is 285 g/mol. The third-order valence-electron chi connectivity index (χ3n) is 3.73. The van der Waals surface area contributed by atoms with Gasteiger partial charge in [-0.15, -0.1) is 0 Å². The van der Waals surface area contributed by atoms with Gasteiger partial charge in [0, 0.05) is 18.9 Å². The minimum absolute atomic E-state index is 0.129. The molecule has 1 unspecified atom stereocenters. The molecule has 0 aliphatic heterocycles. The summed E-state index contributed by atoms with van der Waals surface area (Å²) in [5.74, 6) is 0.526. The van der Waals surface area contributed by atoms with Gasteiger partial charge in [-0.1, -0.05) is 0 Å². The number of nitrogens with zero attached hydrogens (tertiary/aromatic N) is 1. The highest BCUT2D eigenvalue weighted by molar-refractivity contribution is 7.92. The molecular formula is C14H23NO3S. The Morgan fingerprint density at radius 3 is 2.58 bits per heavy atom. The number of aliphatic hydroxyl groups is 1. The standard InChI is InChI=1S/C14H23NO3S/c1-14(2,3)19(17,18)9-8-15-7-6-12(10-15)13(16)11-4-5-11/h6-7,10-11,13,16H,4-5,8-9H2,1-3H3. The molecule has 1 fully saturated rings. The van der Waals surface area contributed by atoms with Crippen LogP contribution >= 0.6 is 0 Å². The van der Waals surface area contributed by atoms with Crippen molar-refractivity contribution in [1.82, 2.24) is 4.57 Å². The van der Waals surface area contributed by atoms with Crippen molar-refractivity contribution < 1.29 is 13.5 Å². The van der Waals surface area contributed by atoms with E-state index in [9.17, 15) is 13.5 Å². The molecule has 0 spiro atoms. The molecule has 1 aliphatic rings. The third-order valence-corrected chi connectivity index (χ3v) is 6.32. The molecule has 0 amide bonds. The van der Waals surface area contributed by atoms with Crippen molar-refractivity contribution in [3.63, 3.8) is 0 Å².